The maximum Gasteiger partial charge on any atom is 0.228 e. The van der Waals surface area contributed by atoms with Gasteiger partial charge in [-0.25, -0.2) is 0 Å². The van der Waals surface area contributed by atoms with Gasteiger partial charge in [0, 0.05) is 10.0 Å². The standard InChI is InChI=1S/C12H8Cl2N6/c13-6-1-2-7(9(14)3-6)10-8(4-15)11(16)20-12(19-10)17-5-18-20/h1-3,5,10H,16H2,(H,17,18,19). The molecule has 0 aliphatic carbocycles. The van der Waals surface area contributed by atoms with E-state index in [0.717, 1.165) is 0 Å². The first-order valence-corrected chi connectivity index (χ1v) is 6.39. The molecule has 1 aliphatic heterocycles. The van der Waals surface area contributed by atoms with Crippen LogP contribution in [0.5, 0.6) is 0 Å². The van der Waals surface area contributed by atoms with Gasteiger partial charge in [0.1, 0.15) is 18.2 Å². The van der Waals surface area contributed by atoms with Gasteiger partial charge in [0.25, 0.3) is 0 Å². The molecule has 8 heteroatoms. The van der Waals surface area contributed by atoms with Crippen LogP contribution < -0.4 is 11.1 Å². The number of aromatic nitrogens is 3. The van der Waals surface area contributed by atoms with Crippen molar-refractivity contribution in [1.29, 1.82) is 5.26 Å². The van der Waals surface area contributed by atoms with E-state index in [4.69, 9.17) is 28.9 Å². The Morgan fingerprint density at radius 3 is 2.90 bits per heavy atom. The van der Waals surface area contributed by atoms with Crippen molar-refractivity contribution >= 4 is 35.0 Å². The minimum absolute atomic E-state index is 0.231. The summed E-state index contributed by atoms with van der Waals surface area (Å²) in [5, 5.41) is 17.4. The van der Waals surface area contributed by atoms with Crippen LogP contribution in [0.1, 0.15) is 11.6 Å². The van der Waals surface area contributed by atoms with Gasteiger partial charge in [0.2, 0.25) is 5.95 Å². The van der Waals surface area contributed by atoms with Crippen LogP contribution in [0.25, 0.3) is 5.82 Å². The van der Waals surface area contributed by atoms with Crippen LogP contribution in [0.3, 0.4) is 0 Å². The van der Waals surface area contributed by atoms with Gasteiger partial charge >= 0.3 is 0 Å². The summed E-state index contributed by atoms with van der Waals surface area (Å²) in [7, 11) is 0. The van der Waals surface area contributed by atoms with Gasteiger partial charge in [-0.05, 0) is 17.7 Å². The minimum Gasteiger partial charge on any atom is -0.383 e. The van der Waals surface area contributed by atoms with E-state index >= 15 is 0 Å². The van der Waals surface area contributed by atoms with Crippen molar-refractivity contribution in [3.63, 3.8) is 0 Å². The highest BCUT2D eigenvalue weighted by atomic mass is 35.5. The summed E-state index contributed by atoms with van der Waals surface area (Å²) in [5.74, 6) is 0.687. The molecule has 3 rings (SSSR count). The number of rotatable bonds is 1. The monoisotopic (exact) mass is 306 g/mol. The van der Waals surface area contributed by atoms with E-state index in [1.165, 1.54) is 11.0 Å². The number of nitrogens with one attached hydrogen (secondary N) is 1. The Morgan fingerprint density at radius 2 is 2.20 bits per heavy atom. The Bertz CT molecular complexity index is 758. The fourth-order valence-corrected chi connectivity index (χ4v) is 2.59. The maximum atomic E-state index is 9.34. The van der Waals surface area contributed by atoms with Crippen molar-refractivity contribution in [3.8, 4) is 6.07 Å². The van der Waals surface area contributed by atoms with Crippen molar-refractivity contribution in [2.75, 3.05) is 5.32 Å². The first kappa shape index (κ1) is 12.8. The van der Waals surface area contributed by atoms with Crippen molar-refractivity contribution < 1.29 is 0 Å². The normalized spacial score (nSPS) is 17.4. The second-order valence-electron chi connectivity index (χ2n) is 4.15. The van der Waals surface area contributed by atoms with E-state index < -0.39 is 6.04 Å². The molecule has 0 amide bonds. The first-order valence-electron chi connectivity index (χ1n) is 5.63. The number of nitrogens with two attached hydrogens (primary N) is 1. The third-order valence-corrected chi connectivity index (χ3v) is 3.57. The van der Waals surface area contributed by atoms with Gasteiger partial charge < -0.3 is 11.1 Å². The van der Waals surface area contributed by atoms with Crippen molar-refractivity contribution in [2.24, 2.45) is 5.73 Å². The second-order valence-corrected chi connectivity index (χ2v) is 4.99. The van der Waals surface area contributed by atoms with Gasteiger partial charge in [-0.15, -0.1) is 0 Å². The summed E-state index contributed by atoms with van der Waals surface area (Å²) in [4.78, 5) is 4.05. The summed E-state index contributed by atoms with van der Waals surface area (Å²) < 4.78 is 1.37. The Balaban J connectivity index is 2.16. The first-order chi connectivity index (χ1) is 9.61. The fraction of sp³-hybridized carbons (Fsp3) is 0.0833. The van der Waals surface area contributed by atoms with Crippen molar-refractivity contribution in [2.45, 2.75) is 6.04 Å². The van der Waals surface area contributed by atoms with E-state index in [1.54, 1.807) is 18.2 Å². The predicted molar refractivity (Wildman–Crippen MR) is 75.9 cm³/mol. The van der Waals surface area contributed by atoms with Gasteiger partial charge in [-0.3, -0.25) is 0 Å². The number of anilines is 1. The van der Waals surface area contributed by atoms with E-state index in [9.17, 15) is 5.26 Å². The van der Waals surface area contributed by atoms with Crippen LogP contribution in [0.2, 0.25) is 10.0 Å². The molecule has 1 atom stereocenters. The number of benzene rings is 1. The highest BCUT2D eigenvalue weighted by Crippen LogP contribution is 2.36. The van der Waals surface area contributed by atoms with Gasteiger partial charge in [-0.1, -0.05) is 29.3 Å². The van der Waals surface area contributed by atoms with E-state index in [-0.39, 0.29) is 5.82 Å². The summed E-state index contributed by atoms with van der Waals surface area (Å²) >= 11 is 12.1. The molecular formula is C12H8Cl2N6. The largest absolute Gasteiger partial charge is 0.383 e. The molecule has 1 unspecified atom stereocenters. The Hall–Kier alpha value is -2.23. The smallest absolute Gasteiger partial charge is 0.228 e. The lowest BCUT2D eigenvalue weighted by Gasteiger charge is -2.25. The molecule has 0 saturated carbocycles. The SMILES string of the molecule is N#CC1=C(N)n2ncnc2NC1c1ccc(Cl)cc1Cl. The molecule has 0 fully saturated rings. The van der Waals surface area contributed by atoms with Gasteiger partial charge in [0.05, 0.1) is 11.6 Å². The Kier molecular flexibility index (Phi) is 3.01. The lowest BCUT2D eigenvalue weighted by atomic mass is 9.98. The van der Waals surface area contributed by atoms with Crippen LogP contribution in [0.15, 0.2) is 30.1 Å². The van der Waals surface area contributed by atoms with E-state index in [1.807, 2.05) is 0 Å². The van der Waals surface area contributed by atoms with Crippen LogP contribution in [0, 0.1) is 11.3 Å². The summed E-state index contributed by atoms with van der Waals surface area (Å²) in [6, 6.07) is 6.67. The topological polar surface area (TPSA) is 92.5 Å². The van der Waals surface area contributed by atoms with Crippen LogP contribution in [-0.2, 0) is 0 Å². The molecule has 20 heavy (non-hydrogen) atoms. The average Bonchev–Trinajstić information content (AvgIpc) is 2.87. The molecule has 1 aromatic heterocycles. The number of nitriles is 1. The highest BCUT2D eigenvalue weighted by Gasteiger charge is 2.29. The Labute approximate surface area is 124 Å². The fourth-order valence-electron chi connectivity index (χ4n) is 2.07. The molecule has 1 aliphatic rings. The van der Waals surface area contributed by atoms with Gasteiger partial charge in [-0.2, -0.15) is 20.0 Å². The molecular weight excluding hydrogens is 299 g/mol. The lowest BCUT2D eigenvalue weighted by Crippen LogP contribution is -2.27. The summed E-state index contributed by atoms with van der Waals surface area (Å²) in [5.41, 5.74) is 6.99. The molecule has 0 radical (unpaired) electrons. The zero-order chi connectivity index (χ0) is 14.3. The molecule has 0 spiro atoms. The molecule has 2 aromatic rings. The highest BCUT2D eigenvalue weighted by molar-refractivity contribution is 6.35. The third-order valence-electron chi connectivity index (χ3n) is 3.01. The van der Waals surface area contributed by atoms with Crippen molar-refractivity contribution in [3.05, 3.63) is 45.7 Å². The van der Waals surface area contributed by atoms with Gasteiger partial charge in [0.15, 0.2) is 0 Å². The molecule has 100 valence electrons. The number of fused-ring (bicyclic) bond motifs is 1. The minimum atomic E-state index is -0.485. The van der Waals surface area contributed by atoms with E-state index in [2.05, 4.69) is 21.5 Å². The molecule has 1 aromatic carbocycles. The number of hydrogen-bond donors (Lipinski definition) is 2. The maximum absolute atomic E-state index is 9.34. The van der Waals surface area contributed by atoms with Crippen LogP contribution in [-0.4, -0.2) is 14.8 Å². The molecule has 2 heterocycles. The summed E-state index contributed by atoms with van der Waals surface area (Å²) in [6.07, 6.45) is 1.36. The average molecular weight is 307 g/mol. The Morgan fingerprint density at radius 1 is 1.40 bits per heavy atom. The van der Waals surface area contributed by atoms with Crippen LogP contribution >= 0.6 is 23.2 Å². The molecule has 6 nitrogen and oxygen atoms in total. The second kappa shape index (κ2) is 4.71. The number of nitrogens with zero attached hydrogens (tertiary/aromatic N) is 4. The molecule has 0 bridgehead atoms. The zero-order valence-corrected chi connectivity index (χ0v) is 11.5. The molecule has 0 saturated heterocycles. The number of halogens is 2. The predicted octanol–water partition coefficient (Wildman–Crippen LogP) is 2.40. The summed E-state index contributed by atoms with van der Waals surface area (Å²) in [6.45, 7) is 0. The third kappa shape index (κ3) is 1.88. The van der Waals surface area contributed by atoms with Crippen molar-refractivity contribution in [1.82, 2.24) is 14.8 Å². The molecule has 3 N–H and O–H groups in total. The van der Waals surface area contributed by atoms with Crippen LogP contribution in [0.4, 0.5) is 5.95 Å². The lowest BCUT2D eigenvalue weighted by molar-refractivity contribution is 0.795. The number of hydrogen-bond acceptors (Lipinski definition) is 5. The quantitative estimate of drug-likeness (QED) is 0.844. The van der Waals surface area contributed by atoms with E-state index in [0.29, 0.717) is 27.1 Å². The zero-order valence-electron chi connectivity index (χ0n) is 10.0.